The van der Waals surface area contributed by atoms with Crippen LogP contribution < -0.4 is 16.4 Å². The normalized spacial score (nSPS) is 17.6. The maximum Gasteiger partial charge on any atom is 0.319 e. The Morgan fingerprint density at radius 3 is 2.59 bits per heavy atom. The Hall–Kier alpha value is -2.08. The maximum absolute atomic E-state index is 12.5. The van der Waals surface area contributed by atoms with E-state index < -0.39 is 0 Å². The Morgan fingerprint density at radius 2 is 2.00 bits per heavy atom. The smallest absolute Gasteiger partial charge is 0.319 e. The zero-order chi connectivity index (χ0) is 16.1. The second-order valence-corrected chi connectivity index (χ2v) is 5.86. The van der Waals surface area contributed by atoms with E-state index in [2.05, 4.69) is 10.6 Å². The number of rotatable bonds is 4. The molecule has 1 aliphatic rings. The summed E-state index contributed by atoms with van der Waals surface area (Å²) in [4.78, 5) is 25.9. The first-order chi connectivity index (χ1) is 10.5. The van der Waals surface area contributed by atoms with Crippen LogP contribution in [-0.4, -0.2) is 42.0 Å². The molecular weight excluding hydrogens is 280 g/mol. The Bertz CT molecular complexity index is 527. The highest BCUT2D eigenvalue weighted by Crippen LogP contribution is 2.20. The quantitative estimate of drug-likeness (QED) is 0.792. The number of carbonyl (C=O) groups excluding carboxylic acids is 2. The van der Waals surface area contributed by atoms with Crippen LogP contribution >= 0.6 is 0 Å². The van der Waals surface area contributed by atoms with Crippen LogP contribution in [0.2, 0.25) is 0 Å². The van der Waals surface area contributed by atoms with Gasteiger partial charge in [0, 0.05) is 36.4 Å². The molecule has 6 nitrogen and oxygen atoms in total. The van der Waals surface area contributed by atoms with E-state index in [0.29, 0.717) is 17.8 Å². The van der Waals surface area contributed by atoms with Gasteiger partial charge in [0.1, 0.15) is 0 Å². The number of nitrogens with two attached hydrogens (primary N) is 1. The van der Waals surface area contributed by atoms with E-state index in [-0.39, 0.29) is 24.0 Å². The summed E-state index contributed by atoms with van der Waals surface area (Å²) in [5, 5.41) is 5.48. The van der Waals surface area contributed by atoms with Crippen LogP contribution in [0, 0.1) is 0 Å². The standard InChI is InChI=1S/C16H24N4O2/c1-11(2)18-16(22)19-13-7-5-12(6-8-13)15(21)20-9-3-4-14(20)10-17/h5-8,11,14H,3-4,9-10,17H2,1-2H3,(H2,18,19,22). The van der Waals surface area contributed by atoms with E-state index in [1.807, 2.05) is 18.7 Å². The summed E-state index contributed by atoms with van der Waals surface area (Å²) in [6.45, 7) is 5.05. The van der Waals surface area contributed by atoms with Crippen molar-refractivity contribution in [2.45, 2.75) is 38.8 Å². The van der Waals surface area contributed by atoms with Gasteiger partial charge >= 0.3 is 6.03 Å². The lowest BCUT2D eigenvalue weighted by atomic mass is 10.1. The van der Waals surface area contributed by atoms with Gasteiger partial charge in [-0.25, -0.2) is 4.79 Å². The van der Waals surface area contributed by atoms with Crippen molar-refractivity contribution in [3.05, 3.63) is 29.8 Å². The van der Waals surface area contributed by atoms with Gasteiger partial charge in [0.2, 0.25) is 0 Å². The van der Waals surface area contributed by atoms with Crippen molar-refractivity contribution in [1.29, 1.82) is 0 Å². The minimum atomic E-state index is -0.253. The van der Waals surface area contributed by atoms with Gasteiger partial charge < -0.3 is 21.3 Å². The van der Waals surface area contributed by atoms with Gasteiger partial charge in [0.15, 0.2) is 0 Å². The van der Waals surface area contributed by atoms with E-state index in [1.165, 1.54) is 0 Å². The molecule has 1 aromatic rings. The second-order valence-electron chi connectivity index (χ2n) is 5.86. The monoisotopic (exact) mass is 304 g/mol. The van der Waals surface area contributed by atoms with Gasteiger partial charge in [-0.2, -0.15) is 0 Å². The molecule has 1 atom stereocenters. The summed E-state index contributed by atoms with van der Waals surface area (Å²) in [5.41, 5.74) is 6.99. The van der Waals surface area contributed by atoms with E-state index in [1.54, 1.807) is 24.3 Å². The van der Waals surface area contributed by atoms with Gasteiger partial charge in [-0.15, -0.1) is 0 Å². The summed E-state index contributed by atoms with van der Waals surface area (Å²) in [5.74, 6) is 0.00568. The molecule has 120 valence electrons. The Balaban J connectivity index is 1.99. The first-order valence-electron chi connectivity index (χ1n) is 7.70. The molecule has 22 heavy (non-hydrogen) atoms. The van der Waals surface area contributed by atoms with Crippen LogP contribution in [0.4, 0.5) is 10.5 Å². The van der Waals surface area contributed by atoms with Crippen molar-refractivity contribution >= 4 is 17.6 Å². The largest absolute Gasteiger partial charge is 0.336 e. The first-order valence-corrected chi connectivity index (χ1v) is 7.70. The highest BCUT2D eigenvalue weighted by Gasteiger charge is 2.28. The lowest BCUT2D eigenvalue weighted by Crippen LogP contribution is -2.39. The van der Waals surface area contributed by atoms with Crippen molar-refractivity contribution in [1.82, 2.24) is 10.2 Å². The molecule has 2 rings (SSSR count). The Labute approximate surface area is 131 Å². The number of anilines is 1. The van der Waals surface area contributed by atoms with Crippen molar-refractivity contribution in [2.75, 3.05) is 18.4 Å². The van der Waals surface area contributed by atoms with Crippen LogP contribution in [-0.2, 0) is 0 Å². The zero-order valence-electron chi connectivity index (χ0n) is 13.1. The predicted octanol–water partition coefficient (Wildman–Crippen LogP) is 1.78. The average molecular weight is 304 g/mol. The molecule has 0 bridgehead atoms. The van der Waals surface area contributed by atoms with Crippen molar-refractivity contribution in [3.63, 3.8) is 0 Å². The number of likely N-dealkylation sites (tertiary alicyclic amines) is 1. The topological polar surface area (TPSA) is 87.5 Å². The maximum atomic E-state index is 12.5. The fraction of sp³-hybridized carbons (Fsp3) is 0.500. The minimum absolute atomic E-state index is 0.00568. The van der Waals surface area contributed by atoms with Gasteiger partial charge in [-0.3, -0.25) is 4.79 Å². The first kappa shape index (κ1) is 16.3. The summed E-state index contributed by atoms with van der Waals surface area (Å²) >= 11 is 0. The molecule has 0 radical (unpaired) electrons. The molecule has 0 aromatic heterocycles. The molecule has 3 amide bonds. The second kappa shape index (κ2) is 7.26. The SMILES string of the molecule is CC(C)NC(=O)Nc1ccc(C(=O)N2CCCC2CN)cc1. The lowest BCUT2D eigenvalue weighted by molar-refractivity contribution is 0.0741. The molecule has 0 aliphatic carbocycles. The van der Waals surface area contributed by atoms with Crippen LogP contribution in [0.15, 0.2) is 24.3 Å². The third-order valence-electron chi connectivity index (χ3n) is 3.72. The van der Waals surface area contributed by atoms with Gasteiger partial charge in [-0.1, -0.05) is 0 Å². The predicted molar refractivity (Wildman–Crippen MR) is 86.8 cm³/mol. The van der Waals surface area contributed by atoms with E-state index >= 15 is 0 Å². The fourth-order valence-electron chi connectivity index (χ4n) is 2.64. The number of benzene rings is 1. The van der Waals surface area contributed by atoms with Crippen LogP contribution in [0.1, 0.15) is 37.0 Å². The minimum Gasteiger partial charge on any atom is -0.336 e. The number of carbonyl (C=O) groups is 2. The zero-order valence-corrected chi connectivity index (χ0v) is 13.1. The van der Waals surface area contributed by atoms with Crippen molar-refractivity contribution < 1.29 is 9.59 Å². The molecule has 1 saturated heterocycles. The van der Waals surface area contributed by atoms with E-state index in [4.69, 9.17) is 5.73 Å². The van der Waals surface area contributed by atoms with Crippen molar-refractivity contribution in [2.24, 2.45) is 5.73 Å². The molecule has 0 saturated carbocycles. The molecule has 1 unspecified atom stereocenters. The van der Waals surface area contributed by atoms with E-state index in [9.17, 15) is 9.59 Å². The Morgan fingerprint density at radius 1 is 1.32 bits per heavy atom. The average Bonchev–Trinajstić information content (AvgIpc) is 2.94. The van der Waals surface area contributed by atoms with Crippen LogP contribution in [0.25, 0.3) is 0 Å². The lowest BCUT2D eigenvalue weighted by Gasteiger charge is -2.23. The highest BCUT2D eigenvalue weighted by molar-refractivity contribution is 5.96. The van der Waals surface area contributed by atoms with Gasteiger partial charge in [0.05, 0.1) is 0 Å². The van der Waals surface area contributed by atoms with Crippen LogP contribution in [0.5, 0.6) is 0 Å². The molecule has 4 N–H and O–H groups in total. The number of nitrogens with zero attached hydrogens (tertiary/aromatic N) is 1. The molecule has 1 heterocycles. The van der Waals surface area contributed by atoms with Crippen molar-refractivity contribution in [3.8, 4) is 0 Å². The van der Waals surface area contributed by atoms with Gasteiger partial charge in [-0.05, 0) is 51.0 Å². The molecule has 6 heteroatoms. The molecule has 1 aromatic carbocycles. The number of hydrogen-bond donors (Lipinski definition) is 3. The highest BCUT2D eigenvalue weighted by atomic mass is 16.2. The summed E-state index contributed by atoms with van der Waals surface area (Å²) < 4.78 is 0. The Kier molecular flexibility index (Phi) is 5.38. The summed E-state index contributed by atoms with van der Waals surface area (Å²) in [6.07, 6.45) is 1.97. The number of urea groups is 1. The van der Waals surface area contributed by atoms with Crippen LogP contribution in [0.3, 0.4) is 0 Å². The molecule has 0 spiro atoms. The van der Waals surface area contributed by atoms with Gasteiger partial charge in [0.25, 0.3) is 5.91 Å². The molecule has 1 fully saturated rings. The number of amides is 3. The fourth-order valence-corrected chi connectivity index (χ4v) is 2.64. The third-order valence-corrected chi connectivity index (χ3v) is 3.72. The van der Waals surface area contributed by atoms with E-state index in [0.717, 1.165) is 19.4 Å². The molecule has 1 aliphatic heterocycles. The third kappa shape index (κ3) is 3.98. The summed E-state index contributed by atoms with van der Waals surface area (Å²) in [7, 11) is 0. The number of hydrogen-bond acceptors (Lipinski definition) is 3. The summed E-state index contributed by atoms with van der Waals surface area (Å²) in [6, 6.07) is 6.91. The number of nitrogens with one attached hydrogen (secondary N) is 2. The molecular formula is C16H24N4O2.